The Morgan fingerprint density at radius 3 is 2.67 bits per heavy atom. The molecule has 0 atom stereocenters. The van der Waals surface area contributed by atoms with Gasteiger partial charge in [-0.1, -0.05) is 43.0 Å². The van der Waals surface area contributed by atoms with Crippen LogP contribution >= 0.6 is 0 Å². The molecule has 0 N–H and O–H groups in total. The smallest absolute Gasteiger partial charge is 0.192 e. The number of rotatable bonds is 4. The summed E-state index contributed by atoms with van der Waals surface area (Å²) < 4.78 is 5.66. The number of nitrogens with zero attached hydrogens (tertiary/aromatic N) is 1. The van der Waals surface area contributed by atoms with E-state index in [2.05, 4.69) is 11.6 Å². The lowest BCUT2D eigenvalue weighted by Crippen LogP contribution is -2.04. The van der Waals surface area contributed by atoms with Crippen molar-refractivity contribution < 1.29 is 4.74 Å². The number of allylic oxidation sites excluding steroid dienone is 4. The lowest BCUT2D eigenvalue weighted by Gasteiger charge is -2.07. The van der Waals surface area contributed by atoms with Crippen molar-refractivity contribution in [2.45, 2.75) is 20.8 Å². The second kappa shape index (κ2) is 7.28. The molecule has 0 aliphatic heterocycles. The number of benzene rings is 1. The Hall–Kier alpha value is -2.09. The fourth-order valence-corrected chi connectivity index (χ4v) is 1.37. The molecule has 0 amide bonds. The largest absolute Gasteiger partial charge is 0.443 e. The summed E-state index contributed by atoms with van der Waals surface area (Å²) in [5, 5.41) is 0. The zero-order chi connectivity index (χ0) is 13.4. The number of ether oxygens (including phenoxy) is 1. The Kier molecular flexibility index (Phi) is 5.65. The zero-order valence-corrected chi connectivity index (χ0v) is 11.2. The molecular formula is C16H19NO. The Morgan fingerprint density at radius 2 is 2.00 bits per heavy atom. The van der Waals surface area contributed by atoms with E-state index in [9.17, 15) is 0 Å². The molecule has 0 saturated heterocycles. The van der Waals surface area contributed by atoms with Gasteiger partial charge in [0.2, 0.25) is 0 Å². The molecule has 1 rings (SSSR count). The quantitative estimate of drug-likeness (QED) is 0.434. The van der Waals surface area contributed by atoms with Crippen molar-refractivity contribution in [3.8, 4) is 5.75 Å². The number of para-hydroxylation sites is 1. The van der Waals surface area contributed by atoms with Gasteiger partial charge >= 0.3 is 0 Å². The van der Waals surface area contributed by atoms with Crippen molar-refractivity contribution in [3.05, 3.63) is 66.4 Å². The van der Waals surface area contributed by atoms with E-state index < -0.39 is 0 Å². The zero-order valence-electron chi connectivity index (χ0n) is 11.2. The van der Waals surface area contributed by atoms with Gasteiger partial charge in [0.15, 0.2) is 5.90 Å². The van der Waals surface area contributed by atoms with Crippen LogP contribution in [-0.4, -0.2) is 5.90 Å². The van der Waals surface area contributed by atoms with Gasteiger partial charge in [0.1, 0.15) is 5.75 Å². The molecule has 0 bridgehead atoms. The molecule has 2 heteroatoms. The highest BCUT2D eigenvalue weighted by atomic mass is 16.5. The van der Waals surface area contributed by atoms with E-state index in [-0.39, 0.29) is 0 Å². The van der Waals surface area contributed by atoms with E-state index >= 15 is 0 Å². The molecule has 0 aliphatic carbocycles. The minimum absolute atomic E-state index is 0.583. The molecule has 0 aromatic heterocycles. The van der Waals surface area contributed by atoms with Crippen LogP contribution in [0.1, 0.15) is 19.4 Å². The Balaban J connectivity index is 2.68. The number of aryl methyl sites for hydroxylation is 1. The van der Waals surface area contributed by atoms with E-state index in [0.717, 1.165) is 11.3 Å². The third kappa shape index (κ3) is 4.83. The molecular weight excluding hydrogens is 222 g/mol. The van der Waals surface area contributed by atoms with Gasteiger partial charge in [0.05, 0.1) is 5.70 Å². The highest BCUT2D eigenvalue weighted by Gasteiger charge is 1.99. The SMILES string of the molecule is C=C(/C=C\C=C/C)N=C(C)Oc1ccccc1C. The van der Waals surface area contributed by atoms with Gasteiger partial charge in [-0.15, -0.1) is 0 Å². The molecule has 1 aromatic rings. The third-order valence-corrected chi connectivity index (χ3v) is 2.24. The molecule has 18 heavy (non-hydrogen) atoms. The van der Waals surface area contributed by atoms with Crippen molar-refractivity contribution in [1.29, 1.82) is 0 Å². The normalized spacial score (nSPS) is 12.3. The van der Waals surface area contributed by atoms with Crippen LogP contribution < -0.4 is 4.74 Å². The molecule has 0 fully saturated rings. The average molecular weight is 241 g/mol. The second-order valence-electron chi connectivity index (χ2n) is 3.87. The van der Waals surface area contributed by atoms with Crippen molar-refractivity contribution in [2.75, 3.05) is 0 Å². The molecule has 0 unspecified atom stereocenters. The summed E-state index contributed by atoms with van der Waals surface area (Å²) in [6.45, 7) is 9.63. The van der Waals surface area contributed by atoms with Crippen LogP contribution in [0.4, 0.5) is 0 Å². The van der Waals surface area contributed by atoms with E-state index in [1.165, 1.54) is 0 Å². The van der Waals surface area contributed by atoms with Crippen LogP contribution in [0, 0.1) is 6.92 Å². The van der Waals surface area contributed by atoms with Gasteiger partial charge in [-0.3, -0.25) is 0 Å². The minimum Gasteiger partial charge on any atom is -0.443 e. The standard InChI is InChI=1S/C16H19NO/c1-5-6-7-11-14(3)17-15(4)18-16-12-9-8-10-13(16)2/h5-12H,3H2,1-2,4H3/b6-5-,11-7-,17-15?. The summed E-state index contributed by atoms with van der Waals surface area (Å²) in [6, 6.07) is 7.85. The van der Waals surface area contributed by atoms with Gasteiger partial charge in [-0.2, -0.15) is 0 Å². The summed E-state index contributed by atoms with van der Waals surface area (Å²) in [5.41, 5.74) is 1.75. The topological polar surface area (TPSA) is 21.6 Å². The maximum atomic E-state index is 5.66. The molecule has 94 valence electrons. The Labute approximate surface area is 109 Å². The molecule has 1 aromatic carbocycles. The van der Waals surface area contributed by atoms with Gasteiger partial charge < -0.3 is 4.74 Å². The first-order valence-electron chi connectivity index (χ1n) is 5.90. The molecule has 0 radical (unpaired) electrons. The predicted octanol–water partition coefficient (Wildman–Crippen LogP) is 4.44. The fraction of sp³-hybridized carbons (Fsp3) is 0.188. The highest BCUT2D eigenvalue weighted by molar-refractivity contribution is 5.77. The third-order valence-electron chi connectivity index (χ3n) is 2.24. The molecule has 0 saturated carbocycles. The second-order valence-corrected chi connectivity index (χ2v) is 3.87. The van der Waals surface area contributed by atoms with Crippen LogP contribution in [0.3, 0.4) is 0 Å². The van der Waals surface area contributed by atoms with E-state index in [1.807, 2.05) is 69.3 Å². The van der Waals surface area contributed by atoms with Crippen LogP contribution in [-0.2, 0) is 0 Å². The van der Waals surface area contributed by atoms with Gasteiger partial charge in [-0.25, -0.2) is 4.99 Å². The lowest BCUT2D eigenvalue weighted by molar-refractivity contribution is 0.541. The molecule has 0 heterocycles. The summed E-state index contributed by atoms with van der Waals surface area (Å²) in [6.07, 6.45) is 7.61. The van der Waals surface area contributed by atoms with Crippen molar-refractivity contribution >= 4 is 5.90 Å². The Bertz CT molecular complexity index is 496. The summed E-state index contributed by atoms with van der Waals surface area (Å²) in [5.74, 6) is 1.41. The number of hydrogen-bond acceptors (Lipinski definition) is 2. The number of aliphatic imine (C=N–C) groups is 1. The van der Waals surface area contributed by atoms with Gasteiger partial charge in [0.25, 0.3) is 0 Å². The first-order chi connectivity index (χ1) is 8.63. The summed E-state index contributed by atoms with van der Waals surface area (Å²) in [7, 11) is 0. The molecule has 0 spiro atoms. The monoisotopic (exact) mass is 241 g/mol. The highest BCUT2D eigenvalue weighted by Crippen LogP contribution is 2.16. The summed E-state index contributed by atoms with van der Waals surface area (Å²) in [4.78, 5) is 4.26. The van der Waals surface area contributed by atoms with Crippen molar-refractivity contribution in [2.24, 2.45) is 4.99 Å². The minimum atomic E-state index is 0.583. The first-order valence-corrected chi connectivity index (χ1v) is 5.90. The van der Waals surface area contributed by atoms with E-state index in [0.29, 0.717) is 11.6 Å². The van der Waals surface area contributed by atoms with Gasteiger partial charge in [-0.05, 0) is 31.6 Å². The number of hydrogen-bond donors (Lipinski definition) is 0. The fourth-order valence-electron chi connectivity index (χ4n) is 1.37. The van der Waals surface area contributed by atoms with E-state index in [1.54, 1.807) is 0 Å². The summed E-state index contributed by atoms with van der Waals surface area (Å²) >= 11 is 0. The van der Waals surface area contributed by atoms with Crippen molar-refractivity contribution in [3.63, 3.8) is 0 Å². The molecule has 0 aliphatic rings. The maximum absolute atomic E-state index is 5.66. The molecule has 2 nitrogen and oxygen atoms in total. The maximum Gasteiger partial charge on any atom is 0.192 e. The average Bonchev–Trinajstić information content (AvgIpc) is 2.32. The van der Waals surface area contributed by atoms with Crippen LogP contribution in [0.25, 0.3) is 0 Å². The Morgan fingerprint density at radius 1 is 1.28 bits per heavy atom. The van der Waals surface area contributed by atoms with Crippen LogP contribution in [0.2, 0.25) is 0 Å². The van der Waals surface area contributed by atoms with Gasteiger partial charge in [0, 0.05) is 6.92 Å². The van der Waals surface area contributed by atoms with Crippen molar-refractivity contribution in [1.82, 2.24) is 0 Å². The van der Waals surface area contributed by atoms with Crippen LogP contribution in [0.15, 0.2) is 65.8 Å². The van der Waals surface area contributed by atoms with E-state index in [4.69, 9.17) is 4.74 Å². The van der Waals surface area contributed by atoms with Crippen LogP contribution in [0.5, 0.6) is 5.75 Å². The first kappa shape index (κ1) is 14.0. The lowest BCUT2D eigenvalue weighted by atomic mass is 10.2. The predicted molar refractivity (Wildman–Crippen MR) is 78.0 cm³/mol.